The number of nitrogens with one attached hydrogen (secondary N) is 2. The predicted molar refractivity (Wildman–Crippen MR) is 368 cm³/mol. The van der Waals surface area contributed by atoms with Crippen molar-refractivity contribution in [2.24, 2.45) is 65.0 Å². The Balaban J connectivity index is 0.000000554. The van der Waals surface area contributed by atoms with E-state index in [1.165, 1.54) is 25.7 Å². The second-order valence-corrected chi connectivity index (χ2v) is 33.2. The summed E-state index contributed by atoms with van der Waals surface area (Å²) >= 11 is 0. The SMILES string of the molecule is CC(C)(C)C1(C(=O)NCCOCCO)CC1.CCCOC(=O)C1(C(C)(C)C)CC1.CCCOC(=O)C1(C(C)(C)C)CC1.CCCOCCC(=O)OCC1(C(C)(C)C)CC1.CCCOCCC(=O)OCC1(C(C)(C)C)CC1.CCCOCCNC(=O)C1(C(C)(C)C)CC1. The minimum absolute atomic E-state index is 0.0156. The van der Waals surface area contributed by atoms with Gasteiger partial charge >= 0.3 is 23.9 Å². The summed E-state index contributed by atoms with van der Waals surface area (Å²) in [4.78, 5) is 70.5. The molecule has 3 N–H and O–H groups in total. The molecular weight excluding hydrogens is 1170 g/mol. The van der Waals surface area contributed by atoms with Crippen LogP contribution in [-0.2, 0) is 66.7 Å². The molecule has 0 aliphatic heterocycles. The Labute approximate surface area is 561 Å². The van der Waals surface area contributed by atoms with Crippen molar-refractivity contribution >= 4 is 35.7 Å². The van der Waals surface area contributed by atoms with E-state index in [0.717, 1.165) is 103 Å². The molecule has 2 amide bonds. The van der Waals surface area contributed by atoms with Crippen LogP contribution in [0.3, 0.4) is 0 Å². The molecule has 0 atom stereocenters. The number of aliphatic hydroxyl groups excluding tert-OH is 1. The Morgan fingerprint density at radius 2 is 0.587 bits per heavy atom. The van der Waals surface area contributed by atoms with E-state index in [2.05, 4.69) is 156 Å². The number of ether oxygens (including phenoxy) is 8. The monoisotopic (exact) mass is 1310 g/mol. The van der Waals surface area contributed by atoms with Crippen LogP contribution in [0.5, 0.6) is 0 Å². The number of carbonyl (C=O) groups is 6. The molecule has 92 heavy (non-hydrogen) atoms. The van der Waals surface area contributed by atoms with Crippen LogP contribution in [0.2, 0.25) is 0 Å². The van der Waals surface area contributed by atoms with Gasteiger partial charge in [-0.1, -0.05) is 159 Å². The fraction of sp³-hybridized carbons (Fsp3) is 0.920. The average molecular weight is 1310 g/mol. The van der Waals surface area contributed by atoms with Crippen LogP contribution in [-0.4, -0.2) is 140 Å². The molecule has 0 saturated heterocycles. The van der Waals surface area contributed by atoms with Gasteiger partial charge in [-0.3, -0.25) is 28.8 Å². The second kappa shape index (κ2) is 38.5. The van der Waals surface area contributed by atoms with Crippen molar-refractivity contribution in [3.05, 3.63) is 0 Å². The zero-order valence-corrected chi connectivity index (χ0v) is 63.2. The fourth-order valence-electron chi connectivity index (χ4n) is 11.5. The largest absolute Gasteiger partial charge is 0.465 e. The zero-order chi connectivity index (χ0) is 70.6. The van der Waals surface area contributed by atoms with E-state index in [0.29, 0.717) is 85.4 Å². The first-order chi connectivity index (χ1) is 42.6. The van der Waals surface area contributed by atoms with Crippen LogP contribution in [0.4, 0.5) is 0 Å². The summed E-state index contributed by atoms with van der Waals surface area (Å²) in [7, 11) is 0. The number of aliphatic hydroxyl groups is 1. The molecular formula is C75H140N2O15. The molecule has 6 aliphatic rings. The standard InChI is InChI=1S/2C14H26O3.C13H25NO2.C12H23NO3.2C11H20O2/c2*1-5-9-16-10-6-12(15)17-11-14(7-8-14)13(2,3)4;1-5-9-16-10-8-14-11(15)13(6-7-13)12(2,3)4;1-11(2,3)12(4-5-12)10(15)13-6-8-16-9-7-14;2*1-5-8-13-9(12)11(6-7-11)10(2,3)4/h2*5-11H2,1-4H3;5-10H2,1-4H3,(H,14,15);14H,4-9H2,1-3H3,(H,13,15);2*5-8H2,1-4H3. The van der Waals surface area contributed by atoms with Crippen LogP contribution < -0.4 is 10.6 Å². The highest BCUT2D eigenvalue weighted by atomic mass is 16.6. The van der Waals surface area contributed by atoms with Crippen LogP contribution in [0, 0.1) is 65.0 Å². The lowest BCUT2D eigenvalue weighted by atomic mass is 9.77. The molecule has 17 nitrogen and oxygen atoms in total. The lowest BCUT2D eigenvalue weighted by Crippen LogP contribution is -2.41. The van der Waals surface area contributed by atoms with Crippen molar-refractivity contribution in [3.8, 4) is 0 Å². The summed E-state index contributed by atoms with van der Waals surface area (Å²) in [6.45, 7) is 57.1. The van der Waals surface area contributed by atoms with Crippen LogP contribution in [0.25, 0.3) is 0 Å². The first kappa shape index (κ1) is 86.6. The molecule has 0 aromatic carbocycles. The van der Waals surface area contributed by atoms with E-state index in [1.54, 1.807) is 0 Å². The van der Waals surface area contributed by atoms with Gasteiger partial charge in [0.15, 0.2) is 0 Å². The van der Waals surface area contributed by atoms with E-state index in [1.807, 2.05) is 13.8 Å². The van der Waals surface area contributed by atoms with Gasteiger partial charge in [0, 0.05) is 43.7 Å². The summed E-state index contributed by atoms with van der Waals surface area (Å²) < 4.78 is 42.1. The minimum atomic E-state index is -0.165. The number of esters is 4. The summed E-state index contributed by atoms with van der Waals surface area (Å²) in [5.41, 5.74) is 0.518. The Morgan fingerprint density at radius 1 is 0.326 bits per heavy atom. The quantitative estimate of drug-likeness (QED) is 0.0324. The van der Waals surface area contributed by atoms with Crippen molar-refractivity contribution in [1.29, 1.82) is 0 Å². The van der Waals surface area contributed by atoms with Crippen molar-refractivity contribution in [1.82, 2.24) is 10.6 Å². The van der Waals surface area contributed by atoms with Gasteiger partial charge in [0.05, 0.1) is 101 Å². The van der Waals surface area contributed by atoms with Crippen molar-refractivity contribution in [2.75, 3.05) is 99.0 Å². The molecule has 0 spiro atoms. The van der Waals surface area contributed by atoms with E-state index in [9.17, 15) is 28.8 Å². The lowest BCUT2D eigenvalue weighted by Gasteiger charge is -2.30. The van der Waals surface area contributed by atoms with Crippen molar-refractivity contribution in [3.63, 3.8) is 0 Å². The van der Waals surface area contributed by atoms with Gasteiger partial charge in [-0.15, -0.1) is 0 Å². The highest BCUT2D eigenvalue weighted by Crippen LogP contribution is 2.62. The van der Waals surface area contributed by atoms with Crippen LogP contribution >= 0.6 is 0 Å². The van der Waals surface area contributed by atoms with E-state index in [-0.39, 0.29) is 107 Å². The molecule has 6 aliphatic carbocycles. The maximum absolute atomic E-state index is 12.0. The number of carbonyl (C=O) groups excluding carboxylic acids is 6. The van der Waals surface area contributed by atoms with E-state index < -0.39 is 0 Å². The molecule has 6 rings (SSSR count). The smallest absolute Gasteiger partial charge is 0.312 e. The van der Waals surface area contributed by atoms with E-state index >= 15 is 0 Å². The van der Waals surface area contributed by atoms with Crippen LogP contribution in [0.1, 0.15) is 281 Å². The van der Waals surface area contributed by atoms with Crippen molar-refractivity contribution in [2.45, 2.75) is 281 Å². The summed E-state index contributed by atoms with van der Waals surface area (Å²) in [5.74, 6) is 0.129. The molecule has 0 aromatic rings. The highest BCUT2D eigenvalue weighted by molar-refractivity contribution is 5.87. The Morgan fingerprint density at radius 3 is 0.804 bits per heavy atom. The summed E-state index contributed by atoms with van der Waals surface area (Å²) in [5, 5.41) is 14.4. The van der Waals surface area contributed by atoms with Gasteiger partial charge in [-0.25, -0.2) is 0 Å². The minimum Gasteiger partial charge on any atom is -0.465 e. The maximum Gasteiger partial charge on any atom is 0.312 e. The molecule has 0 unspecified atom stereocenters. The Kier molecular flexibility index (Phi) is 36.3. The molecule has 17 heteroatoms. The average Bonchev–Trinajstić information content (AvgIpc) is 1.65. The normalized spacial score (nSPS) is 18.5. The summed E-state index contributed by atoms with van der Waals surface area (Å²) in [6.07, 6.45) is 18.3. The Hall–Kier alpha value is -3.38. The third-order valence-electron chi connectivity index (χ3n) is 20.4. The van der Waals surface area contributed by atoms with Gasteiger partial charge in [0.25, 0.3) is 0 Å². The summed E-state index contributed by atoms with van der Waals surface area (Å²) in [6, 6.07) is 0. The van der Waals surface area contributed by atoms with Gasteiger partial charge in [0.2, 0.25) is 11.8 Å². The van der Waals surface area contributed by atoms with Gasteiger partial charge < -0.3 is 53.6 Å². The predicted octanol–water partition coefficient (Wildman–Crippen LogP) is 15.2. The number of hydrogen-bond acceptors (Lipinski definition) is 15. The van der Waals surface area contributed by atoms with Crippen LogP contribution in [0.15, 0.2) is 0 Å². The fourth-order valence-corrected chi connectivity index (χ4v) is 11.5. The lowest BCUT2D eigenvalue weighted by molar-refractivity contribution is -0.155. The Bertz CT molecular complexity index is 2010. The van der Waals surface area contributed by atoms with Gasteiger partial charge in [-0.05, 0) is 142 Å². The molecule has 0 heterocycles. The third kappa shape index (κ3) is 28.0. The molecule has 6 fully saturated rings. The highest BCUT2D eigenvalue weighted by Gasteiger charge is 2.61. The molecule has 6 saturated carbocycles. The first-order valence-electron chi connectivity index (χ1n) is 35.7. The molecule has 0 aromatic heterocycles. The molecule has 0 radical (unpaired) electrons. The maximum atomic E-state index is 12.0. The topological polar surface area (TPSA) is 221 Å². The van der Waals surface area contributed by atoms with Gasteiger partial charge in [0.1, 0.15) is 0 Å². The molecule has 0 bridgehead atoms. The van der Waals surface area contributed by atoms with Gasteiger partial charge in [-0.2, -0.15) is 0 Å². The number of hydrogen-bond donors (Lipinski definition) is 3. The number of rotatable bonds is 32. The molecule has 540 valence electrons. The zero-order valence-electron chi connectivity index (χ0n) is 63.2. The van der Waals surface area contributed by atoms with Crippen molar-refractivity contribution < 1.29 is 71.8 Å². The number of amides is 2. The third-order valence-corrected chi connectivity index (χ3v) is 20.4. The second-order valence-electron chi connectivity index (χ2n) is 33.2. The van der Waals surface area contributed by atoms with E-state index in [4.69, 9.17) is 43.0 Å². The first-order valence-corrected chi connectivity index (χ1v) is 35.7.